The van der Waals surface area contributed by atoms with E-state index in [0.717, 1.165) is 12.0 Å². The standard InChI is InChI=1S/C17H13F5N2O2/c1-2-9-3-5-10(6-4-9)26-8-12(25)24-23-7-11-13(18)15(20)17(22)16(21)14(11)19/h3-7H,2,8H2,1H3,(H,24,25)/b23-7+. The lowest BCUT2D eigenvalue weighted by Crippen LogP contribution is -2.24. The number of hydrogen-bond donors (Lipinski definition) is 1. The van der Waals surface area contributed by atoms with E-state index in [1.54, 1.807) is 12.1 Å². The highest BCUT2D eigenvalue weighted by Crippen LogP contribution is 2.21. The Morgan fingerprint density at radius 1 is 1.00 bits per heavy atom. The summed E-state index contributed by atoms with van der Waals surface area (Å²) in [7, 11) is 0. The maximum Gasteiger partial charge on any atom is 0.277 e. The van der Waals surface area contributed by atoms with Crippen LogP contribution >= 0.6 is 0 Å². The monoisotopic (exact) mass is 372 g/mol. The first kappa shape index (κ1) is 19.4. The van der Waals surface area contributed by atoms with Gasteiger partial charge in [-0.1, -0.05) is 19.1 Å². The van der Waals surface area contributed by atoms with E-state index in [-0.39, 0.29) is 0 Å². The van der Waals surface area contributed by atoms with Crippen molar-refractivity contribution in [3.05, 3.63) is 64.5 Å². The molecule has 26 heavy (non-hydrogen) atoms. The average molecular weight is 372 g/mol. The van der Waals surface area contributed by atoms with E-state index in [2.05, 4.69) is 5.10 Å². The molecule has 0 atom stereocenters. The van der Waals surface area contributed by atoms with Crippen LogP contribution in [0.3, 0.4) is 0 Å². The molecule has 2 rings (SSSR count). The van der Waals surface area contributed by atoms with Crippen LogP contribution in [0, 0.1) is 29.1 Å². The smallest absolute Gasteiger partial charge is 0.277 e. The van der Waals surface area contributed by atoms with Crippen LogP contribution in [0.2, 0.25) is 0 Å². The Morgan fingerprint density at radius 2 is 1.54 bits per heavy atom. The highest BCUT2D eigenvalue weighted by Gasteiger charge is 2.24. The van der Waals surface area contributed by atoms with Gasteiger partial charge in [0.2, 0.25) is 5.82 Å². The molecule has 0 aliphatic rings. The maximum absolute atomic E-state index is 13.4. The molecule has 0 aliphatic heterocycles. The van der Waals surface area contributed by atoms with Crippen molar-refractivity contribution in [2.45, 2.75) is 13.3 Å². The molecule has 4 nitrogen and oxygen atoms in total. The number of ether oxygens (including phenoxy) is 1. The lowest BCUT2D eigenvalue weighted by Gasteiger charge is -2.06. The molecule has 0 unspecified atom stereocenters. The summed E-state index contributed by atoms with van der Waals surface area (Å²) in [5, 5.41) is 3.17. The van der Waals surface area contributed by atoms with Gasteiger partial charge in [0, 0.05) is 0 Å². The zero-order valence-corrected chi connectivity index (χ0v) is 13.5. The molecule has 0 fully saturated rings. The Morgan fingerprint density at radius 3 is 2.08 bits per heavy atom. The van der Waals surface area contributed by atoms with Crippen LogP contribution in [0.15, 0.2) is 29.4 Å². The summed E-state index contributed by atoms with van der Waals surface area (Å²) >= 11 is 0. The second kappa shape index (κ2) is 8.41. The molecule has 2 aromatic carbocycles. The van der Waals surface area contributed by atoms with E-state index in [4.69, 9.17) is 4.74 Å². The van der Waals surface area contributed by atoms with Crippen molar-refractivity contribution in [3.63, 3.8) is 0 Å². The summed E-state index contributed by atoms with van der Waals surface area (Å²) in [6.45, 7) is 1.52. The van der Waals surface area contributed by atoms with E-state index >= 15 is 0 Å². The van der Waals surface area contributed by atoms with Crippen LogP contribution in [0.25, 0.3) is 0 Å². The summed E-state index contributed by atoms with van der Waals surface area (Å²) in [5.41, 5.74) is 1.68. The Labute approximate surface area is 145 Å². The van der Waals surface area contributed by atoms with E-state index in [9.17, 15) is 26.7 Å². The summed E-state index contributed by atoms with van der Waals surface area (Å²) in [5.74, 6) is -10.9. The number of hydrogen-bond acceptors (Lipinski definition) is 3. The van der Waals surface area contributed by atoms with Gasteiger partial charge < -0.3 is 4.74 Å². The summed E-state index contributed by atoms with van der Waals surface area (Å²) in [6, 6.07) is 6.94. The minimum absolute atomic E-state index is 0.324. The lowest BCUT2D eigenvalue weighted by atomic mass is 10.2. The molecule has 0 aromatic heterocycles. The van der Waals surface area contributed by atoms with Gasteiger partial charge >= 0.3 is 0 Å². The SMILES string of the molecule is CCc1ccc(OCC(=O)N/N=C/c2c(F)c(F)c(F)c(F)c2F)cc1. The Balaban J connectivity index is 1.97. The van der Waals surface area contributed by atoms with Crippen LogP contribution in [-0.4, -0.2) is 18.7 Å². The molecule has 1 amide bonds. The van der Waals surface area contributed by atoms with E-state index < -0.39 is 47.2 Å². The van der Waals surface area contributed by atoms with Crippen molar-refractivity contribution in [2.24, 2.45) is 5.10 Å². The third-order valence-corrected chi connectivity index (χ3v) is 3.33. The number of carbonyl (C=O) groups is 1. The molecule has 9 heteroatoms. The average Bonchev–Trinajstić information content (AvgIpc) is 2.66. The van der Waals surface area contributed by atoms with Gasteiger partial charge in [0.1, 0.15) is 5.75 Å². The molecular formula is C17H13F5N2O2. The number of hydrazone groups is 1. The highest BCUT2D eigenvalue weighted by molar-refractivity contribution is 5.83. The fourth-order valence-corrected chi connectivity index (χ4v) is 1.91. The van der Waals surface area contributed by atoms with Crippen LogP contribution < -0.4 is 10.2 Å². The molecule has 0 bridgehead atoms. The number of amides is 1. The van der Waals surface area contributed by atoms with Crippen LogP contribution in [0.1, 0.15) is 18.1 Å². The molecule has 138 valence electrons. The highest BCUT2D eigenvalue weighted by atomic mass is 19.2. The predicted molar refractivity (Wildman–Crippen MR) is 83.3 cm³/mol. The fourth-order valence-electron chi connectivity index (χ4n) is 1.91. The van der Waals surface area contributed by atoms with Gasteiger partial charge in [0.05, 0.1) is 11.8 Å². The third-order valence-electron chi connectivity index (χ3n) is 3.33. The second-order valence-electron chi connectivity index (χ2n) is 5.06. The van der Waals surface area contributed by atoms with Crippen molar-refractivity contribution in [3.8, 4) is 5.75 Å². The van der Waals surface area contributed by atoms with E-state index in [1.807, 2.05) is 24.5 Å². The fraction of sp³-hybridized carbons (Fsp3) is 0.176. The van der Waals surface area contributed by atoms with Gasteiger partial charge in [-0.05, 0) is 24.1 Å². The summed E-state index contributed by atoms with van der Waals surface area (Å²) < 4.78 is 70.9. The third kappa shape index (κ3) is 4.35. The summed E-state index contributed by atoms with van der Waals surface area (Å²) in [6.07, 6.45) is 1.16. The number of nitrogens with one attached hydrogen (secondary N) is 1. The molecule has 0 spiro atoms. The second-order valence-corrected chi connectivity index (χ2v) is 5.06. The number of nitrogens with zero attached hydrogens (tertiary/aromatic N) is 1. The van der Waals surface area contributed by atoms with Crippen molar-refractivity contribution in [2.75, 3.05) is 6.61 Å². The Kier molecular flexibility index (Phi) is 6.26. The van der Waals surface area contributed by atoms with Crippen LogP contribution in [0.4, 0.5) is 22.0 Å². The van der Waals surface area contributed by atoms with Crippen LogP contribution in [0.5, 0.6) is 5.75 Å². The van der Waals surface area contributed by atoms with Crippen molar-refractivity contribution in [1.29, 1.82) is 0 Å². The number of benzene rings is 2. The Hall–Kier alpha value is -2.97. The largest absolute Gasteiger partial charge is 0.484 e. The topological polar surface area (TPSA) is 50.7 Å². The first-order valence-corrected chi connectivity index (χ1v) is 7.40. The Bertz CT molecular complexity index is 809. The molecule has 0 radical (unpaired) electrons. The number of halogens is 5. The van der Waals surface area contributed by atoms with E-state index in [0.29, 0.717) is 12.0 Å². The molecular weight excluding hydrogens is 359 g/mol. The molecule has 0 heterocycles. The van der Waals surface area contributed by atoms with Crippen molar-refractivity contribution < 1.29 is 31.5 Å². The minimum atomic E-state index is -2.27. The number of rotatable bonds is 6. The van der Waals surface area contributed by atoms with E-state index in [1.165, 1.54) is 0 Å². The zero-order chi connectivity index (χ0) is 19.3. The number of carbonyl (C=O) groups excluding carboxylic acids is 1. The van der Waals surface area contributed by atoms with Gasteiger partial charge in [-0.15, -0.1) is 0 Å². The quantitative estimate of drug-likeness (QED) is 0.278. The van der Waals surface area contributed by atoms with Gasteiger partial charge in [0.15, 0.2) is 29.9 Å². The molecule has 0 aliphatic carbocycles. The van der Waals surface area contributed by atoms with Gasteiger partial charge in [-0.25, -0.2) is 27.4 Å². The molecule has 0 saturated heterocycles. The minimum Gasteiger partial charge on any atom is -0.484 e. The zero-order valence-electron chi connectivity index (χ0n) is 13.5. The normalized spacial score (nSPS) is 11.0. The van der Waals surface area contributed by atoms with Crippen molar-refractivity contribution in [1.82, 2.24) is 5.43 Å². The number of aryl methyl sites for hydroxylation is 1. The van der Waals surface area contributed by atoms with Crippen LogP contribution in [-0.2, 0) is 11.2 Å². The van der Waals surface area contributed by atoms with Gasteiger partial charge in [0.25, 0.3) is 5.91 Å². The van der Waals surface area contributed by atoms with Gasteiger partial charge in [-0.3, -0.25) is 4.79 Å². The van der Waals surface area contributed by atoms with Gasteiger partial charge in [-0.2, -0.15) is 5.10 Å². The molecule has 1 N–H and O–H groups in total. The maximum atomic E-state index is 13.4. The summed E-state index contributed by atoms with van der Waals surface area (Å²) in [4.78, 5) is 11.5. The molecule has 0 saturated carbocycles. The molecule has 2 aromatic rings. The first-order chi connectivity index (χ1) is 12.3. The van der Waals surface area contributed by atoms with Crippen molar-refractivity contribution >= 4 is 12.1 Å². The predicted octanol–water partition coefficient (Wildman–Crippen LogP) is 3.47. The lowest BCUT2D eigenvalue weighted by molar-refractivity contribution is -0.123. The first-order valence-electron chi connectivity index (χ1n) is 7.40.